The maximum atomic E-state index is 10.7. The monoisotopic (exact) mass is 245 g/mol. The summed E-state index contributed by atoms with van der Waals surface area (Å²) >= 11 is 5.75. The second kappa shape index (κ2) is 4.80. The molecule has 0 aliphatic heterocycles. The van der Waals surface area contributed by atoms with Crippen LogP contribution < -0.4 is 4.74 Å². The molecule has 7 heteroatoms. The normalized spacial score (nSPS) is 9.88. The molecule has 0 aromatic heterocycles. The van der Waals surface area contributed by atoms with E-state index in [0.717, 1.165) is 6.07 Å². The molecule has 6 nitrogen and oxygen atoms in total. The molecule has 1 N–H and O–H groups in total. The van der Waals surface area contributed by atoms with Gasteiger partial charge in [0, 0.05) is 5.56 Å². The Bertz CT molecular complexity index is 446. The third kappa shape index (κ3) is 2.60. The first-order valence-electron chi connectivity index (χ1n) is 4.18. The number of nitro groups is 1. The van der Waals surface area contributed by atoms with Crippen molar-refractivity contribution in [3.05, 3.63) is 32.8 Å². The van der Waals surface area contributed by atoms with Gasteiger partial charge in [0.15, 0.2) is 0 Å². The minimum atomic E-state index is -1.16. The predicted octanol–water partition coefficient (Wildman–Crippen LogP) is 1.88. The topological polar surface area (TPSA) is 89.7 Å². The third-order valence-electron chi connectivity index (χ3n) is 1.89. The van der Waals surface area contributed by atoms with E-state index in [4.69, 9.17) is 21.4 Å². The SMILES string of the molecule is COc1cc([N+](=O)[O-])c(CC(=O)O)cc1Cl. The number of hydrogen-bond donors (Lipinski definition) is 1. The molecule has 16 heavy (non-hydrogen) atoms. The minimum absolute atomic E-state index is 0.0447. The quantitative estimate of drug-likeness (QED) is 0.646. The number of carboxylic acids is 1. The van der Waals surface area contributed by atoms with Crippen LogP contribution in [0.1, 0.15) is 5.56 Å². The lowest BCUT2D eigenvalue weighted by atomic mass is 10.1. The molecule has 1 rings (SSSR count). The lowest BCUT2D eigenvalue weighted by Crippen LogP contribution is -2.04. The Labute approximate surface area is 95.6 Å². The van der Waals surface area contributed by atoms with Crippen LogP contribution in [0.25, 0.3) is 0 Å². The highest BCUT2D eigenvalue weighted by atomic mass is 35.5. The first kappa shape index (κ1) is 12.3. The van der Waals surface area contributed by atoms with Gasteiger partial charge in [0.1, 0.15) is 5.75 Å². The fraction of sp³-hybridized carbons (Fsp3) is 0.222. The lowest BCUT2D eigenvalue weighted by molar-refractivity contribution is -0.385. The number of nitro benzene ring substituents is 1. The highest BCUT2D eigenvalue weighted by Gasteiger charge is 2.19. The van der Waals surface area contributed by atoms with Gasteiger partial charge in [-0.2, -0.15) is 0 Å². The highest BCUT2D eigenvalue weighted by molar-refractivity contribution is 6.32. The molecular weight excluding hydrogens is 238 g/mol. The summed E-state index contributed by atoms with van der Waals surface area (Å²) in [5.41, 5.74) is -0.271. The molecule has 0 aliphatic carbocycles. The molecule has 0 saturated carbocycles. The van der Waals surface area contributed by atoms with E-state index in [1.807, 2.05) is 0 Å². The molecule has 0 amide bonds. The van der Waals surface area contributed by atoms with Crippen molar-refractivity contribution in [1.29, 1.82) is 0 Å². The van der Waals surface area contributed by atoms with Crippen LogP contribution in [0.3, 0.4) is 0 Å². The Morgan fingerprint density at radius 1 is 1.62 bits per heavy atom. The van der Waals surface area contributed by atoms with E-state index < -0.39 is 17.3 Å². The van der Waals surface area contributed by atoms with Crippen LogP contribution in [-0.4, -0.2) is 23.1 Å². The Kier molecular flexibility index (Phi) is 3.68. The largest absolute Gasteiger partial charge is 0.495 e. The average Bonchev–Trinajstić information content (AvgIpc) is 2.16. The maximum Gasteiger partial charge on any atom is 0.308 e. The number of carbonyl (C=O) groups is 1. The molecule has 0 heterocycles. The lowest BCUT2D eigenvalue weighted by Gasteiger charge is -2.05. The van der Waals surface area contributed by atoms with Crippen molar-refractivity contribution in [2.75, 3.05) is 7.11 Å². The zero-order valence-corrected chi connectivity index (χ0v) is 9.02. The number of nitrogens with zero attached hydrogens (tertiary/aromatic N) is 1. The molecule has 0 aliphatic rings. The van der Waals surface area contributed by atoms with Crippen molar-refractivity contribution in [2.45, 2.75) is 6.42 Å². The van der Waals surface area contributed by atoms with E-state index >= 15 is 0 Å². The fourth-order valence-electron chi connectivity index (χ4n) is 1.21. The number of carboxylic acid groups (broad SMARTS) is 1. The summed E-state index contributed by atoms with van der Waals surface area (Å²) in [6.45, 7) is 0. The summed E-state index contributed by atoms with van der Waals surface area (Å²) < 4.78 is 4.81. The van der Waals surface area contributed by atoms with E-state index in [2.05, 4.69) is 0 Å². The molecule has 1 aromatic rings. The molecule has 0 fully saturated rings. The molecule has 0 atom stereocenters. The van der Waals surface area contributed by atoms with Gasteiger partial charge in [-0.15, -0.1) is 0 Å². The smallest absolute Gasteiger partial charge is 0.308 e. The second-order valence-electron chi connectivity index (χ2n) is 2.94. The number of halogens is 1. The van der Waals surface area contributed by atoms with Gasteiger partial charge in [-0.3, -0.25) is 14.9 Å². The Balaban J connectivity index is 3.30. The van der Waals surface area contributed by atoms with Crippen molar-refractivity contribution in [2.24, 2.45) is 0 Å². The van der Waals surface area contributed by atoms with Crippen LogP contribution >= 0.6 is 11.6 Å². The number of methoxy groups -OCH3 is 1. The number of rotatable bonds is 4. The minimum Gasteiger partial charge on any atom is -0.495 e. The Hall–Kier alpha value is -1.82. The van der Waals surface area contributed by atoms with Crippen LogP contribution in [0.4, 0.5) is 5.69 Å². The van der Waals surface area contributed by atoms with Crippen molar-refractivity contribution >= 4 is 23.3 Å². The summed E-state index contributed by atoms with van der Waals surface area (Å²) in [4.78, 5) is 20.5. The van der Waals surface area contributed by atoms with Crippen LogP contribution in [0, 0.1) is 10.1 Å². The molecule has 0 saturated heterocycles. The molecule has 0 radical (unpaired) electrons. The summed E-state index contributed by atoms with van der Waals surface area (Å²) in [6, 6.07) is 2.34. The highest BCUT2D eigenvalue weighted by Crippen LogP contribution is 2.32. The van der Waals surface area contributed by atoms with E-state index in [1.54, 1.807) is 0 Å². The van der Waals surface area contributed by atoms with Gasteiger partial charge in [0.05, 0.1) is 29.5 Å². The second-order valence-corrected chi connectivity index (χ2v) is 3.35. The fourth-order valence-corrected chi connectivity index (χ4v) is 1.48. The van der Waals surface area contributed by atoms with Crippen LogP contribution in [0.2, 0.25) is 5.02 Å². The van der Waals surface area contributed by atoms with Gasteiger partial charge >= 0.3 is 5.97 Å². The Morgan fingerprint density at radius 2 is 2.25 bits per heavy atom. The molecule has 0 spiro atoms. The summed E-state index contributed by atoms with van der Waals surface area (Å²) in [5.74, 6) is -1.02. The van der Waals surface area contributed by atoms with Crippen molar-refractivity contribution in [3.63, 3.8) is 0 Å². The third-order valence-corrected chi connectivity index (χ3v) is 2.19. The van der Waals surface area contributed by atoms with Gasteiger partial charge in [-0.05, 0) is 6.07 Å². The number of aliphatic carboxylic acids is 1. The van der Waals surface area contributed by atoms with Crippen LogP contribution in [0.5, 0.6) is 5.75 Å². The number of ether oxygens (including phenoxy) is 1. The summed E-state index contributed by atoms with van der Waals surface area (Å²) in [6.07, 6.45) is -0.458. The van der Waals surface area contributed by atoms with E-state index in [1.165, 1.54) is 13.2 Å². The van der Waals surface area contributed by atoms with Gasteiger partial charge < -0.3 is 9.84 Å². The molecule has 86 valence electrons. The van der Waals surface area contributed by atoms with E-state index in [9.17, 15) is 14.9 Å². The molecular formula is C9H8ClNO5. The molecule has 0 bridgehead atoms. The Morgan fingerprint density at radius 3 is 2.69 bits per heavy atom. The number of benzene rings is 1. The first-order valence-corrected chi connectivity index (χ1v) is 4.56. The van der Waals surface area contributed by atoms with Crippen molar-refractivity contribution in [3.8, 4) is 5.75 Å². The zero-order valence-electron chi connectivity index (χ0n) is 8.27. The van der Waals surface area contributed by atoms with Gasteiger partial charge in [0.25, 0.3) is 5.69 Å². The van der Waals surface area contributed by atoms with Gasteiger partial charge in [-0.1, -0.05) is 11.6 Å². The average molecular weight is 246 g/mol. The first-order chi connectivity index (χ1) is 7.45. The van der Waals surface area contributed by atoms with E-state index in [0.29, 0.717) is 0 Å². The standard InChI is InChI=1S/C9H8ClNO5/c1-16-8-4-7(11(14)15)5(2-6(8)10)3-9(12)13/h2,4H,3H2,1H3,(H,12,13). The van der Waals surface area contributed by atoms with Gasteiger partial charge in [-0.25, -0.2) is 0 Å². The van der Waals surface area contributed by atoms with Crippen LogP contribution in [0.15, 0.2) is 12.1 Å². The number of hydrogen-bond acceptors (Lipinski definition) is 4. The summed E-state index contributed by atoms with van der Waals surface area (Å²) in [5, 5.41) is 19.4. The van der Waals surface area contributed by atoms with Crippen molar-refractivity contribution < 1.29 is 19.6 Å². The van der Waals surface area contributed by atoms with Crippen molar-refractivity contribution in [1.82, 2.24) is 0 Å². The van der Waals surface area contributed by atoms with Gasteiger partial charge in [0.2, 0.25) is 0 Å². The van der Waals surface area contributed by atoms with Crippen LogP contribution in [-0.2, 0) is 11.2 Å². The maximum absolute atomic E-state index is 10.7. The molecule has 0 unspecified atom stereocenters. The zero-order chi connectivity index (χ0) is 12.3. The predicted molar refractivity (Wildman–Crippen MR) is 56.0 cm³/mol. The molecule has 1 aromatic carbocycles. The van der Waals surface area contributed by atoms with E-state index in [-0.39, 0.29) is 22.0 Å². The summed E-state index contributed by atoms with van der Waals surface area (Å²) in [7, 11) is 1.32.